The van der Waals surface area contributed by atoms with Crippen LogP contribution in [0.2, 0.25) is 0 Å². The highest BCUT2D eigenvalue weighted by molar-refractivity contribution is 8.76. The van der Waals surface area contributed by atoms with Gasteiger partial charge < -0.3 is 30.3 Å². The number of carbonyl (C=O) groups excluding carboxylic acids is 4. The molecule has 2 amide bonds. The second kappa shape index (κ2) is 24.6. The van der Waals surface area contributed by atoms with E-state index in [1.165, 1.54) is 7.11 Å². The van der Waals surface area contributed by atoms with Gasteiger partial charge in [0.05, 0.1) is 31.5 Å². The van der Waals surface area contributed by atoms with E-state index in [1.807, 2.05) is 34.7 Å². The molecule has 1 heterocycles. The zero-order valence-corrected chi connectivity index (χ0v) is 35.8. The zero-order valence-electron chi connectivity index (χ0n) is 33.3. The van der Waals surface area contributed by atoms with Gasteiger partial charge in [-0.3, -0.25) is 28.2 Å². The molecule has 2 rings (SSSR count). The van der Waals surface area contributed by atoms with E-state index in [4.69, 9.17) is 13.8 Å². The first kappa shape index (κ1) is 48.1. The van der Waals surface area contributed by atoms with Crippen LogP contribution in [0.5, 0.6) is 0 Å². The molecule has 0 aromatic rings. The Morgan fingerprint density at radius 2 is 1.64 bits per heavy atom. The SMILES string of the molecule is CNCC(C)CC(C)CC(=O)NC(C)CC(C)C(=O)C1C[C@H](O)C[C@H]1COP(=O)(O)O[C@@H]1C[C@@H](COC)N(C(=O)CCCSSCCC(=O)C(C)C)C1. The lowest BCUT2D eigenvalue weighted by atomic mass is 9.84. The van der Waals surface area contributed by atoms with Gasteiger partial charge in [0.15, 0.2) is 0 Å². The first-order valence-electron chi connectivity index (χ1n) is 19.3. The van der Waals surface area contributed by atoms with Gasteiger partial charge in [-0.2, -0.15) is 0 Å². The van der Waals surface area contributed by atoms with Crippen molar-refractivity contribution in [3.8, 4) is 0 Å². The summed E-state index contributed by atoms with van der Waals surface area (Å²) in [7, 11) is 2.17. The van der Waals surface area contributed by atoms with E-state index in [0.717, 1.165) is 24.5 Å². The number of likely N-dealkylation sites (tertiary alicyclic amines) is 1. The van der Waals surface area contributed by atoms with Crippen LogP contribution in [0.25, 0.3) is 0 Å². The number of phosphoric acid groups is 1. The molecule has 1 aliphatic carbocycles. The summed E-state index contributed by atoms with van der Waals surface area (Å²) in [5.41, 5.74) is 0. The highest BCUT2D eigenvalue weighted by Crippen LogP contribution is 2.48. The number of hydrogen-bond donors (Lipinski definition) is 4. The summed E-state index contributed by atoms with van der Waals surface area (Å²) < 4.78 is 29.4. The van der Waals surface area contributed by atoms with E-state index in [0.29, 0.717) is 44.4 Å². The standard InChI is InChI=1S/C37H68N3O10PS2/c1-24(2)34(42)11-13-53-52-12-9-10-36(44)40-21-32(18-30(40)23-48-8)50-51(46,47)49-22-29-17-31(41)19-33(29)37(45)27(5)16-28(6)39-35(43)15-25(3)14-26(4)20-38-7/h24-33,38,41H,9-23H2,1-8H3,(H,39,43)(H,46,47)/t25?,26?,27?,28?,29-,30-,31+,32+,33?/m0/s1. The predicted molar refractivity (Wildman–Crippen MR) is 211 cm³/mol. The second-order valence-electron chi connectivity index (χ2n) is 15.7. The lowest BCUT2D eigenvalue weighted by molar-refractivity contribution is -0.133. The molecular weight excluding hydrogens is 742 g/mol. The highest BCUT2D eigenvalue weighted by atomic mass is 33.1. The molecule has 1 aliphatic heterocycles. The molecule has 53 heavy (non-hydrogen) atoms. The number of nitrogens with zero attached hydrogens (tertiary/aromatic N) is 1. The number of methoxy groups -OCH3 is 1. The molecule has 4 N–H and O–H groups in total. The largest absolute Gasteiger partial charge is 0.472 e. The van der Waals surface area contributed by atoms with E-state index in [9.17, 15) is 33.7 Å². The zero-order chi connectivity index (χ0) is 39.7. The quantitative estimate of drug-likeness (QED) is 0.0479. The van der Waals surface area contributed by atoms with Crippen LogP contribution in [0.1, 0.15) is 99.3 Å². The van der Waals surface area contributed by atoms with Gasteiger partial charge in [0.25, 0.3) is 0 Å². The Balaban J connectivity index is 1.83. The van der Waals surface area contributed by atoms with E-state index in [1.54, 1.807) is 26.5 Å². The van der Waals surface area contributed by atoms with Crippen molar-refractivity contribution in [2.75, 3.05) is 52.0 Å². The molecule has 6 unspecified atom stereocenters. The summed E-state index contributed by atoms with van der Waals surface area (Å²) >= 11 is 0. The molecular formula is C37H68N3O10PS2. The maximum Gasteiger partial charge on any atom is 0.472 e. The first-order chi connectivity index (χ1) is 25.0. The van der Waals surface area contributed by atoms with Crippen LogP contribution >= 0.6 is 29.4 Å². The molecule has 2 fully saturated rings. The molecule has 0 radical (unpaired) electrons. The molecule has 0 bridgehead atoms. The number of ether oxygens (including phenoxy) is 1. The Hall–Kier alpha value is -1.03. The number of Topliss-reactive ketones (excluding diaryl/α,β-unsaturated/α-hetero) is 2. The number of hydrogen-bond acceptors (Lipinski definition) is 12. The number of carbonyl (C=O) groups is 4. The summed E-state index contributed by atoms with van der Waals surface area (Å²) in [6, 6.07) is -0.525. The highest BCUT2D eigenvalue weighted by Gasteiger charge is 2.43. The second-order valence-corrected chi connectivity index (χ2v) is 19.8. The summed E-state index contributed by atoms with van der Waals surface area (Å²) in [4.78, 5) is 63.4. The van der Waals surface area contributed by atoms with Crippen molar-refractivity contribution < 1.29 is 47.5 Å². The van der Waals surface area contributed by atoms with Crippen LogP contribution in [-0.2, 0) is 37.5 Å². The van der Waals surface area contributed by atoms with Gasteiger partial charge in [-0.15, -0.1) is 0 Å². The minimum Gasteiger partial charge on any atom is -0.393 e. The Bertz CT molecular complexity index is 1200. The Morgan fingerprint density at radius 3 is 2.30 bits per heavy atom. The molecule has 1 saturated heterocycles. The third-order valence-electron chi connectivity index (χ3n) is 10.1. The van der Waals surface area contributed by atoms with Crippen LogP contribution in [0, 0.1) is 35.5 Å². The van der Waals surface area contributed by atoms with Gasteiger partial charge in [-0.05, 0) is 76.8 Å². The van der Waals surface area contributed by atoms with Gasteiger partial charge in [0, 0.05) is 68.2 Å². The minimum atomic E-state index is -4.56. The third kappa shape index (κ3) is 18.2. The predicted octanol–water partition coefficient (Wildman–Crippen LogP) is 5.27. The average Bonchev–Trinajstić information content (AvgIpc) is 3.64. The molecule has 0 spiro atoms. The van der Waals surface area contributed by atoms with Crippen molar-refractivity contribution in [3.63, 3.8) is 0 Å². The molecule has 10 atom stereocenters. The van der Waals surface area contributed by atoms with E-state index < -0.39 is 37.8 Å². The van der Waals surface area contributed by atoms with Crippen molar-refractivity contribution in [1.29, 1.82) is 0 Å². The normalized spacial score (nSPS) is 25.2. The number of ketones is 2. The van der Waals surface area contributed by atoms with Crippen molar-refractivity contribution in [2.45, 2.75) is 124 Å². The molecule has 16 heteroatoms. The van der Waals surface area contributed by atoms with Crippen molar-refractivity contribution in [3.05, 3.63) is 0 Å². The maximum absolute atomic E-state index is 13.6. The fraction of sp³-hybridized carbons (Fsp3) is 0.892. The first-order valence-corrected chi connectivity index (χ1v) is 23.3. The Kier molecular flexibility index (Phi) is 22.3. The molecule has 13 nitrogen and oxygen atoms in total. The summed E-state index contributed by atoms with van der Waals surface area (Å²) in [6.07, 6.45) is 2.66. The van der Waals surface area contributed by atoms with Crippen LogP contribution in [-0.4, -0.2) is 115 Å². The average molecular weight is 810 g/mol. The number of amides is 2. The van der Waals surface area contributed by atoms with E-state index in [-0.39, 0.29) is 79.9 Å². The summed E-state index contributed by atoms with van der Waals surface area (Å²) in [5, 5.41) is 16.6. The Morgan fingerprint density at radius 1 is 0.943 bits per heavy atom. The minimum absolute atomic E-state index is 0.0390. The van der Waals surface area contributed by atoms with Gasteiger partial charge in [-0.1, -0.05) is 56.2 Å². The van der Waals surface area contributed by atoms with Crippen LogP contribution in [0.3, 0.4) is 0 Å². The van der Waals surface area contributed by atoms with Crippen molar-refractivity contribution in [1.82, 2.24) is 15.5 Å². The molecule has 0 aromatic carbocycles. The molecule has 1 saturated carbocycles. The number of nitrogens with one attached hydrogen (secondary N) is 2. The maximum atomic E-state index is 13.6. The van der Waals surface area contributed by atoms with Crippen LogP contribution in [0.4, 0.5) is 0 Å². The summed E-state index contributed by atoms with van der Waals surface area (Å²) in [6.45, 7) is 12.8. The van der Waals surface area contributed by atoms with Gasteiger partial charge in [0.2, 0.25) is 11.8 Å². The van der Waals surface area contributed by atoms with Crippen molar-refractivity contribution >= 4 is 52.8 Å². The van der Waals surface area contributed by atoms with E-state index >= 15 is 0 Å². The number of rotatable bonds is 27. The lowest BCUT2D eigenvalue weighted by Gasteiger charge is -2.25. The van der Waals surface area contributed by atoms with Crippen molar-refractivity contribution in [2.24, 2.45) is 35.5 Å². The molecule has 308 valence electrons. The smallest absolute Gasteiger partial charge is 0.393 e. The topological polar surface area (TPSA) is 181 Å². The fourth-order valence-corrected chi connectivity index (χ4v) is 10.6. The number of phosphoric ester groups is 1. The van der Waals surface area contributed by atoms with Gasteiger partial charge in [-0.25, -0.2) is 4.57 Å². The van der Waals surface area contributed by atoms with Crippen LogP contribution < -0.4 is 10.6 Å². The van der Waals surface area contributed by atoms with Crippen LogP contribution in [0.15, 0.2) is 0 Å². The monoisotopic (exact) mass is 809 g/mol. The van der Waals surface area contributed by atoms with Gasteiger partial charge >= 0.3 is 7.82 Å². The Labute approximate surface area is 325 Å². The third-order valence-corrected chi connectivity index (χ3v) is 13.6. The number of aliphatic hydroxyl groups excluding tert-OH is 1. The molecule has 0 aromatic heterocycles. The fourth-order valence-electron chi connectivity index (χ4n) is 7.54. The summed E-state index contributed by atoms with van der Waals surface area (Å²) in [5.74, 6) is 0.898. The number of aliphatic hydroxyl groups is 1. The van der Waals surface area contributed by atoms with E-state index in [2.05, 4.69) is 24.5 Å². The molecule has 2 aliphatic rings. The van der Waals surface area contributed by atoms with Gasteiger partial charge in [0.1, 0.15) is 11.6 Å². The lowest BCUT2D eigenvalue weighted by Crippen LogP contribution is -2.38.